The van der Waals surface area contributed by atoms with Crippen molar-refractivity contribution in [2.45, 2.75) is 44.6 Å². The molecule has 1 aliphatic heterocycles. The molecule has 2 N–H and O–H groups in total. The molecule has 2 aliphatic rings. The Hall–Kier alpha value is -2.63. The average Bonchev–Trinajstić information content (AvgIpc) is 3.06. The van der Waals surface area contributed by atoms with Crippen molar-refractivity contribution in [3.63, 3.8) is 0 Å². The number of aromatic nitrogens is 2. The minimum Gasteiger partial charge on any atom is -0.493 e. The van der Waals surface area contributed by atoms with Crippen LogP contribution < -0.4 is 15.9 Å². The van der Waals surface area contributed by atoms with Crippen molar-refractivity contribution in [2.75, 3.05) is 5.32 Å². The molecule has 0 amide bonds. The van der Waals surface area contributed by atoms with Crippen LogP contribution in [0.2, 0.25) is 0 Å². The highest BCUT2D eigenvalue weighted by Crippen LogP contribution is 2.25. The van der Waals surface area contributed by atoms with Gasteiger partial charge in [-0.2, -0.15) is 0 Å². The zero-order valence-corrected chi connectivity index (χ0v) is 14.4. The van der Waals surface area contributed by atoms with Gasteiger partial charge in [0, 0.05) is 13.1 Å². The molecule has 0 saturated heterocycles. The molecule has 2 aromatic rings. The lowest BCUT2D eigenvalue weighted by atomic mass is 10.1. The van der Waals surface area contributed by atoms with E-state index in [-0.39, 0.29) is 5.88 Å². The number of aliphatic imine (C=N–C) groups is 1. The summed E-state index contributed by atoms with van der Waals surface area (Å²) in [5.41, 5.74) is 1.42. The first-order chi connectivity index (χ1) is 12.2. The molecule has 1 saturated carbocycles. The second kappa shape index (κ2) is 6.70. The molecule has 0 spiro atoms. The van der Waals surface area contributed by atoms with Crippen LogP contribution in [0.4, 0.5) is 11.6 Å². The number of imidazole rings is 1. The Morgan fingerprint density at radius 2 is 2.00 bits per heavy atom. The highest BCUT2D eigenvalue weighted by molar-refractivity contribution is 5.67. The zero-order chi connectivity index (χ0) is 17.2. The summed E-state index contributed by atoms with van der Waals surface area (Å²) in [6.45, 7) is 0. The number of rotatable bonds is 3. The molecule has 1 aromatic heterocycles. The molecular weight excluding hydrogens is 314 g/mol. The summed E-state index contributed by atoms with van der Waals surface area (Å²) in [5, 5.41) is 15.8. The van der Waals surface area contributed by atoms with Gasteiger partial charge in [0.15, 0.2) is 0 Å². The first kappa shape index (κ1) is 15.9. The summed E-state index contributed by atoms with van der Waals surface area (Å²) in [4.78, 5) is 13.0. The molecule has 0 radical (unpaired) electrons. The molecule has 1 aliphatic carbocycles. The van der Waals surface area contributed by atoms with Gasteiger partial charge in [-0.15, -0.1) is 0 Å². The van der Waals surface area contributed by atoms with Crippen molar-refractivity contribution in [1.29, 1.82) is 0 Å². The fourth-order valence-electron chi connectivity index (χ4n) is 3.50. The van der Waals surface area contributed by atoms with Gasteiger partial charge in [0.1, 0.15) is 12.0 Å². The number of hydrogen-bond acceptors (Lipinski definition) is 5. The van der Waals surface area contributed by atoms with Crippen LogP contribution in [0.3, 0.4) is 0 Å². The molecule has 0 unspecified atom stereocenters. The maximum Gasteiger partial charge on any atom is 0.220 e. The number of nitrogens with zero attached hydrogens (tertiary/aromatic N) is 4. The monoisotopic (exact) mass is 337 g/mol. The highest BCUT2D eigenvalue weighted by Gasteiger charge is 2.17. The summed E-state index contributed by atoms with van der Waals surface area (Å²) < 4.78 is 1.72. The Kier molecular flexibility index (Phi) is 4.26. The summed E-state index contributed by atoms with van der Waals surface area (Å²) in [6, 6.07) is 6.28. The molecule has 6 nitrogen and oxygen atoms in total. The first-order valence-electron chi connectivity index (χ1n) is 8.95. The van der Waals surface area contributed by atoms with Gasteiger partial charge in [0.2, 0.25) is 11.8 Å². The fraction of sp³-hybridized carbons (Fsp3) is 0.421. The minimum absolute atomic E-state index is 0.171. The molecule has 6 heteroatoms. The Morgan fingerprint density at radius 3 is 2.80 bits per heavy atom. The van der Waals surface area contributed by atoms with Gasteiger partial charge < -0.3 is 10.4 Å². The standard InChI is InChI=1S/C19H23N5O/c1-24-18(25)17(11-13-8-9-15-16(10-13)21-12-20-15)23-19(24)22-14-6-4-2-3-5-7-14/h8-12,14,25H,2-7H2,1H3,(H,22,23). The van der Waals surface area contributed by atoms with E-state index in [0.717, 1.165) is 22.2 Å². The Balaban J connectivity index is 1.62. The minimum atomic E-state index is 0.171. The lowest BCUT2D eigenvalue weighted by molar-refractivity contribution is 0.431. The fourth-order valence-corrected chi connectivity index (χ4v) is 3.50. The van der Waals surface area contributed by atoms with Crippen LogP contribution in [0.5, 0.6) is 5.88 Å². The SMILES string of the molecule is Cn1c(NC2CCCCCC2)nc(C=c2ccc3c(c2)N=CN=3)c1O. The van der Waals surface area contributed by atoms with Gasteiger partial charge in [-0.1, -0.05) is 31.7 Å². The second-order valence-corrected chi connectivity index (χ2v) is 6.80. The molecule has 25 heavy (non-hydrogen) atoms. The molecule has 130 valence electrons. The van der Waals surface area contributed by atoms with Crippen molar-refractivity contribution < 1.29 is 5.11 Å². The third-order valence-electron chi connectivity index (χ3n) is 4.98. The Morgan fingerprint density at radius 1 is 1.20 bits per heavy atom. The lowest BCUT2D eigenvalue weighted by Crippen LogP contribution is -2.20. The average molecular weight is 337 g/mol. The van der Waals surface area contributed by atoms with Crippen molar-refractivity contribution in [3.05, 3.63) is 34.5 Å². The summed E-state index contributed by atoms with van der Waals surface area (Å²) >= 11 is 0. The smallest absolute Gasteiger partial charge is 0.220 e. The van der Waals surface area contributed by atoms with Gasteiger partial charge in [0.05, 0.1) is 11.0 Å². The largest absolute Gasteiger partial charge is 0.493 e. The van der Waals surface area contributed by atoms with Crippen molar-refractivity contribution >= 4 is 24.1 Å². The van der Waals surface area contributed by atoms with E-state index >= 15 is 0 Å². The first-order valence-corrected chi connectivity index (χ1v) is 8.95. The third-order valence-corrected chi connectivity index (χ3v) is 4.98. The lowest BCUT2D eigenvalue weighted by Gasteiger charge is -2.16. The Labute approximate surface area is 146 Å². The van der Waals surface area contributed by atoms with Gasteiger partial charge in [-0.05, 0) is 36.3 Å². The second-order valence-electron chi connectivity index (χ2n) is 6.80. The van der Waals surface area contributed by atoms with Gasteiger partial charge in [-0.25, -0.2) is 15.0 Å². The van der Waals surface area contributed by atoms with Crippen LogP contribution in [-0.2, 0) is 7.05 Å². The molecule has 1 fully saturated rings. The van der Waals surface area contributed by atoms with Crippen LogP contribution in [0.1, 0.15) is 44.2 Å². The van der Waals surface area contributed by atoms with Crippen molar-refractivity contribution in [3.8, 4) is 5.88 Å². The van der Waals surface area contributed by atoms with Crippen LogP contribution in [0, 0.1) is 0 Å². The third kappa shape index (κ3) is 3.29. The van der Waals surface area contributed by atoms with Crippen molar-refractivity contribution in [2.24, 2.45) is 17.0 Å². The van der Waals surface area contributed by atoms with E-state index in [1.165, 1.54) is 38.5 Å². The van der Waals surface area contributed by atoms with E-state index in [4.69, 9.17) is 0 Å². The highest BCUT2D eigenvalue weighted by atomic mass is 16.3. The molecule has 2 heterocycles. The number of fused-ring (bicyclic) bond motifs is 1. The number of nitrogens with one attached hydrogen (secondary N) is 1. The number of anilines is 1. The molecule has 4 rings (SSSR count). The predicted molar refractivity (Wildman–Crippen MR) is 98.9 cm³/mol. The number of aromatic hydroxyl groups is 1. The molecule has 0 atom stereocenters. The van der Waals surface area contributed by atoms with Crippen LogP contribution in [-0.4, -0.2) is 27.0 Å². The quantitative estimate of drug-likeness (QED) is 0.845. The number of benzene rings is 1. The van der Waals surface area contributed by atoms with E-state index in [1.807, 2.05) is 31.3 Å². The van der Waals surface area contributed by atoms with Crippen LogP contribution in [0.15, 0.2) is 28.2 Å². The van der Waals surface area contributed by atoms with E-state index in [1.54, 1.807) is 10.9 Å². The Bertz CT molecular complexity index is 920. The van der Waals surface area contributed by atoms with Crippen LogP contribution >= 0.6 is 0 Å². The van der Waals surface area contributed by atoms with Crippen LogP contribution in [0.25, 0.3) is 6.08 Å². The van der Waals surface area contributed by atoms with E-state index in [0.29, 0.717) is 11.7 Å². The summed E-state index contributed by atoms with van der Waals surface area (Å²) in [6.07, 6.45) is 10.9. The normalized spacial score (nSPS) is 18.0. The van der Waals surface area contributed by atoms with E-state index < -0.39 is 0 Å². The summed E-state index contributed by atoms with van der Waals surface area (Å²) in [5.74, 6) is 0.898. The van der Waals surface area contributed by atoms with E-state index in [9.17, 15) is 5.11 Å². The maximum atomic E-state index is 10.4. The van der Waals surface area contributed by atoms with Gasteiger partial charge in [0.25, 0.3) is 0 Å². The topological polar surface area (TPSA) is 74.8 Å². The molecular formula is C19H23N5O. The summed E-state index contributed by atoms with van der Waals surface area (Å²) in [7, 11) is 1.84. The number of hydrogen-bond donors (Lipinski definition) is 2. The maximum absolute atomic E-state index is 10.4. The van der Waals surface area contributed by atoms with Crippen molar-refractivity contribution in [1.82, 2.24) is 9.55 Å². The molecule has 1 aromatic carbocycles. The van der Waals surface area contributed by atoms with Gasteiger partial charge in [-0.3, -0.25) is 4.57 Å². The predicted octanol–water partition coefficient (Wildman–Crippen LogP) is 2.38. The zero-order valence-electron chi connectivity index (χ0n) is 14.4. The van der Waals surface area contributed by atoms with E-state index in [2.05, 4.69) is 20.3 Å². The molecule has 0 bridgehead atoms. The van der Waals surface area contributed by atoms with Gasteiger partial charge >= 0.3 is 0 Å².